The molecule has 1 N–H and O–H groups in total. The summed E-state index contributed by atoms with van der Waals surface area (Å²) in [5.74, 6) is 0.846. The van der Waals surface area contributed by atoms with E-state index in [1.165, 1.54) is 36.9 Å². The number of rotatable bonds is 5. The van der Waals surface area contributed by atoms with Crippen LogP contribution >= 0.6 is 0 Å². The van der Waals surface area contributed by atoms with Gasteiger partial charge in [0.25, 0.3) is 0 Å². The van der Waals surface area contributed by atoms with Crippen LogP contribution in [0.25, 0.3) is 5.69 Å². The summed E-state index contributed by atoms with van der Waals surface area (Å²) in [5.41, 5.74) is 3.42. The van der Waals surface area contributed by atoms with Gasteiger partial charge in [-0.2, -0.15) is 5.10 Å². The van der Waals surface area contributed by atoms with E-state index in [-0.39, 0.29) is 0 Å². The van der Waals surface area contributed by atoms with E-state index in [0.717, 1.165) is 18.0 Å². The molecule has 0 radical (unpaired) electrons. The fourth-order valence-corrected chi connectivity index (χ4v) is 3.05. The van der Waals surface area contributed by atoms with Gasteiger partial charge in [-0.05, 0) is 31.9 Å². The first kappa shape index (κ1) is 14.1. The van der Waals surface area contributed by atoms with Gasteiger partial charge in [-0.25, -0.2) is 4.68 Å². The van der Waals surface area contributed by atoms with E-state index in [0.29, 0.717) is 6.04 Å². The van der Waals surface area contributed by atoms with E-state index >= 15 is 0 Å². The molecule has 0 aliphatic heterocycles. The van der Waals surface area contributed by atoms with Gasteiger partial charge >= 0.3 is 0 Å². The zero-order valence-corrected chi connectivity index (χ0v) is 12.8. The second-order valence-corrected chi connectivity index (χ2v) is 5.70. The molecule has 1 aliphatic rings. The Morgan fingerprint density at radius 1 is 1.29 bits per heavy atom. The third kappa shape index (κ3) is 2.95. The van der Waals surface area contributed by atoms with Gasteiger partial charge < -0.3 is 10.1 Å². The molecule has 112 valence electrons. The van der Waals surface area contributed by atoms with Crippen molar-refractivity contribution in [3.8, 4) is 11.4 Å². The summed E-state index contributed by atoms with van der Waals surface area (Å²) >= 11 is 0. The van der Waals surface area contributed by atoms with Crippen LogP contribution in [0, 0.1) is 6.92 Å². The van der Waals surface area contributed by atoms with Crippen LogP contribution in [-0.2, 0) is 6.54 Å². The van der Waals surface area contributed by atoms with Gasteiger partial charge in [-0.15, -0.1) is 0 Å². The first-order valence-electron chi connectivity index (χ1n) is 7.70. The number of benzene rings is 1. The van der Waals surface area contributed by atoms with Crippen LogP contribution in [0.1, 0.15) is 36.9 Å². The van der Waals surface area contributed by atoms with Gasteiger partial charge in [0.15, 0.2) is 0 Å². The predicted octanol–water partition coefficient (Wildman–Crippen LogP) is 3.22. The van der Waals surface area contributed by atoms with Gasteiger partial charge in [-0.1, -0.05) is 25.0 Å². The molecule has 0 spiro atoms. The van der Waals surface area contributed by atoms with E-state index in [4.69, 9.17) is 4.74 Å². The smallest absolute Gasteiger partial charge is 0.144 e. The second kappa shape index (κ2) is 6.31. The van der Waals surface area contributed by atoms with Crippen molar-refractivity contribution in [1.82, 2.24) is 15.1 Å². The molecule has 0 atom stereocenters. The molecule has 1 fully saturated rings. The van der Waals surface area contributed by atoms with Crippen molar-refractivity contribution in [1.29, 1.82) is 0 Å². The summed E-state index contributed by atoms with van der Waals surface area (Å²) < 4.78 is 7.39. The van der Waals surface area contributed by atoms with Gasteiger partial charge in [0.05, 0.1) is 13.3 Å². The quantitative estimate of drug-likeness (QED) is 0.916. The van der Waals surface area contributed by atoms with Crippen LogP contribution < -0.4 is 10.1 Å². The molecule has 0 bridgehead atoms. The largest absolute Gasteiger partial charge is 0.494 e. The van der Waals surface area contributed by atoms with Crippen LogP contribution in [0.3, 0.4) is 0 Å². The second-order valence-electron chi connectivity index (χ2n) is 5.70. The van der Waals surface area contributed by atoms with Crippen molar-refractivity contribution in [2.45, 2.75) is 45.2 Å². The number of hydrogen-bond donors (Lipinski definition) is 1. The van der Waals surface area contributed by atoms with Gasteiger partial charge in [0.2, 0.25) is 0 Å². The summed E-state index contributed by atoms with van der Waals surface area (Å²) in [5, 5.41) is 8.18. The lowest BCUT2D eigenvalue weighted by molar-refractivity contribution is 0.411. The summed E-state index contributed by atoms with van der Waals surface area (Å²) in [6.07, 6.45) is 7.29. The standard InChI is InChI=1S/C17H23N3O/c1-13-14(11-18-15-7-3-4-8-15)12-19-20(13)16-9-5-6-10-17(16)21-2/h5-6,9-10,12,15,18H,3-4,7-8,11H2,1-2H3. The van der Waals surface area contributed by atoms with Crippen molar-refractivity contribution in [2.75, 3.05) is 7.11 Å². The lowest BCUT2D eigenvalue weighted by Crippen LogP contribution is -2.25. The minimum Gasteiger partial charge on any atom is -0.494 e. The van der Waals surface area contributed by atoms with Crippen LogP contribution in [0.4, 0.5) is 0 Å². The SMILES string of the molecule is COc1ccccc1-n1ncc(CNC2CCCC2)c1C. The van der Waals surface area contributed by atoms with Gasteiger partial charge in [0.1, 0.15) is 11.4 Å². The minimum absolute atomic E-state index is 0.680. The number of methoxy groups -OCH3 is 1. The molecular weight excluding hydrogens is 262 g/mol. The molecule has 0 amide bonds. The molecule has 21 heavy (non-hydrogen) atoms. The fourth-order valence-electron chi connectivity index (χ4n) is 3.05. The Morgan fingerprint density at radius 3 is 2.81 bits per heavy atom. The first-order valence-corrected chi connectivity index (χ1v) is 7.70. The molecule has 1 aromatic heterocycles. The Hall–Kier alpha value is -1.81. The van der Waals surface area contributed by atoms with Crippen LogP contribution in [0.5, 0.6) is 5.75 Å². The lowest BCUT2D eigenvalue weighted by atomic mass is 10.2. The maximum absolute atomic E-state index is 5.43. The zero-order chi connectivity index (χ0) is 14.7. The molecule has 1 aliphatic carbocycles. The molecule has 1 aromatic carbocycles. The highest BCUT2D eigenvalue weighted by Crippen LogP contribution is 2.24. The predicted molar refractivity (Wildman–Crippen MR) is 83.9 cm³/mol. The van der Waals surface area contributed by atoms with Crippen LogP contribution in [0.2, 0.25) is 0 Å². The Bertz CT molecular complexity index is 600. The topological polar surface area (TPSA) is 39.1 Å². The average molecular weight is 285 g/mol. The molecule has 2 aromatic rings. The van der Waals surface area contributed by atoms with Crippen LogP contribution in [0.15, 0.2) is 30.5 Å². The Morgan fingerprint density at radius 2 is 2.05 bits per heavy atom. The third-order valence-electron chi connectivity index (χ3n) is 4.36. The number of nitrogens with zero attached hydrogens (tertiary/aromatic N) is 2. The van der Waals surface area contributed by atoms with Gasteiger partial charge in [0, 0.05) is 23.8 Å². The van der Waals surface area contributed by atoms with Crippen molar-refractivity contribution in [3.05, 3.63) is 41.7 Å². The van der Waals surface area contributed by atoms with Crippen LogP contribution in [-0.4, -0.2) is 22.9 Å². The molecule has 1 saturated carbocycles. The normalized spacial score (nSPS) is 15.5. The van der Waals surface area contributed by atoms with E-state index in [1.54, 1.807) is 7.11 Å². The summed E-state index contributed by atoms with van der Waals surface area (Å²) in [6.45, 7) is 3.01. The Labute approximate surface area is 126 Å². The Balaban J connectivity index is 1.78. The third-order valence-corrected chi connectivity index (χ3v) is 4.36. The van der Waals surface area contributed by atoms with E-state index in [1.807, 2.05) is 35.1 Å². The summed E-state index contributed by atoms with van der Waals surface area (Å²) in [7, 11) is 1.69. The van der Waals surface area contributed by atoms with Crippen molar-refractivity contribution in [3.63, 3.8) is 0 Å². The number of aromatic nitrogens is 2. The lowest BCUT2D eigenvalue weighted by Gasteiger charge is -2.12. The molecule has 4 nitrogen and oxygen atoms in total. The van der Waals surface area contributed by atoms with Crippen molar-refractivity contribution in [2.24, 2.45) is 0 Å². The maximum atomic E-state index is 5.43. The fraction of sp³-hybridized carbons (Fsp3) is 0.471. The number of nitrogens with one attached hydrogen (secondary N) is 1. The van der Waals surface area contributed by atoms with Gasteiger partial charge in [-0.3, -0.25) is 0 Å². The molecule has 0 unspecified atom stereocenters. The maximum Gasteiger partial charge on any atom is 0.144 e. The highest BCUT2D eigenvalue weighted by atomic mass is 16.5. The molecular formula is C17H23N3O. The molecule has 1 heterocycles. The average Bonchev–Trinajstić information content (AvgIpc) is 3.15. The summed E-state index contributed by atoms with van der Waals surface area (Å²) in [6, 6.07) is 8.66. The number of para-hydroxylation sites is 2. The van der Waals surface area contributed by atoms with E-state index in [2.05, 4.69) is 17.3 Å². The van der Waals surface area contributed by atoms with E-state index in [9.17, 15) is 0 Å². The highest BCUT2D eigenvalue weighted by Gasteiger charge is 2.16. The monoisotopic (exact) mass is 285 g/mol. The molecule has 0 saturated heterocycles. The molecule has 4 heteroatoms. The molecule has 3 rings (SSSR count). The summed E-state index contributed by atoms with van der Waals surface area (Å²) in [4.78, 5) is 0. The minimum atomic E-state index is 0.680. The van der Waals surface area contributed by atoms with Crippen molar-refractivity contribution >= 4 is 0 Å². The Kier molecular flexibility index (Phi) is 4.25. The highest BCUT2D eigenvalue weighted by molar-refractivity contribution is 5.47. The first-order chi connectivity index (χ1) is 10.3. The van der Waals surface area contributed by atoms with E-state index < -0.39 is 0 Å². The number of hydrogen-bond acceptors (Lipinski definition) is 3. The zero-order valence-electron chi connectivity index (χ0n) is 12.8. The number of ether oxygens (including phenoxy) is 1. The van der Waals surface area contributed by atoms with Crippen molar-refractivity contribution < 1.29 is 4.74 Å².